The minimum absolute atomic E-state index is 0.491. The Morgan fingerprint density at radius 3 is 1.93 bits per heavy atom. The van der Waals surface area contributed by atoms with E-state index in [0.29, 0.717) is 20.1 Å². The summed E-state index contributed by atoms with van der Waals surface area (Å²) in [7, 11) is 0. The predicted octanol–water partition coefficient (Wildman–Crippen LogP) is 8.44. The Labute approximate surface area is 189 Å². The average Bonchev–Trinajstić information content (AvgIpc) is 3.03. The molecule has 2 nitrogen and oxygen atoms in total. The van der Waals surface area contributed by atoms with Gasteiger partial charge in [-0.3, -0.25) is 0 Å². The highest BCUT2D eigenvalue weighted by Crippen LogP contribution is 2.37. The lowest BCUT2D eigenvalue weighted by molar-refractivity contribution is 0.890. The molecule has 0 saturated carbocycles. The van der Waals surface area contributed by atoms with Crippen LogP contribution in [0.5, 0.6) is 0 Å². The van der Waals surface area contributed by atoms with Crippen molar-refractivity contribution in [3.63, 3.8) is 0 Å². The molecular formula is C23H16Cl4N2. The highest BCUT2D eigenvalue weighted by molar-refractivity contribution is 6.42. The summed E-state index contributed by atoms with van der Waals surface area (Å²) >= 11 is 24.8. The molecule has 0 aliphatic heterocycles. The third-order valence-corrected chi connectivity index (χ3v) is 6.23. The molecule has 0 aliphatic rings. The second-order valence-corrected chi connectivity index (χ2v) is 8.46. The van der Waals surface area contributed by atoms with Gasteiger partial charge >= 0.3 is 0 Å². The van der Waals surface area contributed by atoms with E-state index in [1.807, 2.05) is 48.0 Å². The van der Waals surface area contributed by atoms with Crippen molar-refractivity contribution >= 4 is 46.4 Å². The maximum atomic E-state index is 6.31. The van der Waals surface area contributed by atoms with Crippen molar-refractivity contribution in [3.8, 4) is 28.2 Å². The Bertz CT molecular complexity index is 1230. The van der Waals surface area contributed by atoms with Gasteiger partial charge in [-0.05, 0) is 55.8 Å². The van der Waals surface area contributed by atoms with Crippen LogP contribution in [0.1, 0.15) is 11.1 Å². The molecule has 0 N–H and O–H groups in total. The summed E-state index contributed by atoms with van der Waals surface area (Å²) < 4.78 is 1.93. The van der Waals surface area contributed by atoms with Crippen LogP contribution in [0.2, 0.25) is 20.1 Å². The van der Waals surface area contributed by atoms with Crippen molar-refractivity contribution in [2.24, 2.45) is 0 Å². The normalized spacial score (nSPS) is 11.1. The highest BCUT2D eigenvalue weighted by Gasteiger charge is 2.20. The molecule has 146 valence electrons. The monoisotopic (exact) mass is 460 g/mol. The van der Waals surface area contributed by atoms with Gasteiger partial charge in [0.2, 0.25) is 0 Å². The Morgan fingerprint density at radius 2 is 1.31 bits per heavy atom. The Hall–Kier alpha value is -1.97. The molecule has 0 aliphatic carbocycles. The smallest absolute Gasteiger partial charge is 0.0963 e. The van der Waals surface area contributed by atoms with Gasteiger partial charge in [0.15, 0.2) is 0 Å². The number of hydrogen-bond acceptors (Lipinski definition) is 1. The van der Waals surface area contributed by atoms with Crippen LogP contribution in [0.4, 0.5) is 0 Å². The molecule has 0 amide bonds. The van der Waals surface area contributed by atoms with E-state index in [2.05, 4.69) is 19.1 Å². The van der Waals surface area contributed by atoms with Crippen LogP contribution in [0.3, 0.4) is 0 Å². The number of aryl methyl sites for hydroxylation is 1. The molecule has 29 heavy (non-hydrogen) atoms. The van der Waals surface area contributed by atoms with Crippen LogP contribution < -0.4 is 0 Å². The summed E-state index contributed by atoms with van der Waals surface area (Å²) in [5.74, 6) is 0. The maximum absolute atomic E-state index is 6.31. The number of hydrogen-bond donors (Lipinski definition) is 0. The van der Waals surface area contributed by atoms with Gasteiger partial charge in [-0.1, -0.05) is 70.7 Å². The fraction of sp³-hybridized carbons (Fsp3) is 0.0870. The van der Waals surface area contributed by atoms with Crippen LogP contribution in [-0.4, -0.2) is 9.78 Å². The molecule has 0 unspecified atom stereocenters. The van der Waals surface area contributed by atoms with Gasteiger partial charge in [0.25, 0.3) is 0 Å². The standard InChI is InChI=1S/C23H16Cl4N2/c1-13-4-3-5-17(10-13)29-23(16-7-9-19(25)21(27)12-16)14(2)22(28-29)15-6-8-18(24)20(26)11-15/h3-12H,1-2H3. The van der Waals surface area contributed by atoms with E-state index in [1.165, 1.54) is 0 Å². The van der Waals surface area contributed by atoms with Crippen molar-refractivity contribution in [2.45, 2.75) is 13.8 Å². The SMILES string of the molecule is Cc1cccc(-n2nc(-c3ccc(Cl)c(Cl)c3)c(C)c2-c2ccc(Cl)c(Cl)c2)c1. The van der Waals surface area contributed by atoms with Crippen LogP contribution >= 0.6 is 46.4 Å². The van der Waals surface area contributed by atoms with Gasteiger partial charge in [0, 0.05) is 16.7 Å². The minimum atomic E-state index is 0.491. The van der Waals surface area contributed by atoms with Gasteiger partial charge in [0.05, 0.1) is 37.2 Å². The fourth-order valence-corrected chi connectivity index (χ4v) is 3.94. The molecule has 0 radical (unpaired) electrons. The number of benzene rings is 3. The summed E-state index contributed by atoms with van der Waals surface area (Å²) in [6.07, 6.45) is 0. The van der Waals surface area contributed by atoms with E-state index >= 15 is 0 Å². The number of rotatable bonds is 3. The van der Waals surface area contributed by atoms with Crippen LogP contribution in [-0.2, 0) is 0 Å². The zero-order valence-electron chi connectivity index (χ0n) is 15.7. The summed E-state index contributed by atoms with van der Waals surface area (Å²) in [6.45, 7) is 4.09. The number of halogens is 4. The zero-order chi connectivity index (χ0) is 20.7. The van der Waals surface area contributed by atoms with Crippen molar-refractivity contribution in [2.75, 3.05) is 0 Å². The van der Waals surface area contributed by atoms with Crippen molar-refractivity contribution < 1.29 is 0 Å². The second-order valence-electron chi connectivity index (χ2n) is 6.83. The van der Waals surface area contributed by atoms with Crippen molar-refractivity contribution in [1.82, 2.24) is 9.78 Å². The first-order valence-electron chi connectivity index (χ1n) is 8.92. The first-order valence-corrected chi connectivity index (χ1v) is 10.4. The number of nitrogens with zero attached hydrogens (tertiary/aromatic N) is 2. The first kappa shape index (κ1) is 20.3. The van der Waals surface area contributed by atoms with Crippen LogP contribution in [0.25, 0.3) is 28.2 Å². The maximum Gasteiger partial charge on any atom is 0.0963 e. The molecule has 1 aromatic heterocycles. The predicted molar refractivity (Wildman–Crippen MR) is 124 cm³/mol. The molecule has 0 bridgehead atoms. The summed E-state index contributed by atoms with van der Waals surface area (Å²) in [5.41, 5.74) is 6.69. The van der Waals surface area contributed by atoms with E-state index in [9.17, 15) is 0 Å². The Balaban J connectivity index is 2.00. The lowest BCUT2D eigenvalue weighted by Gasteiger charge is -2.10. The summed E-state index contributed by atoms with van der Waals surface area (Å²) in [4.78, 5) is 0. The molecule has 1 heterocycles. The Kier molecular flexibility index (Phi) is 5.63. The summed E-state index contributed by atoms with van der Waals surface area (Å²) in [6, 6.07) is 19.3. The van der Waals surface area contributed by atoms with Crippen molar-refractivity contribution in [3.05, 3.63) is 91.9 Å². The van der Waals surface area contributed by atoms with Crippen LogP contribution in [0.15, 0.2) is 60.7 Å². The molecule has 0 spiro atoms. The largest absolute Gasteiger partial charge is 0.232 e. The molecule has 4 rings (SSSR count). The Morgan fingerprint density at radius 1 is 0.690 bits per heavy atom. The third-order valence-electron chi connectivity index (χ3n) is 4.75. The lowest BCUT2D eigenvalue weighted by atomic mass is 10.0. The van der Waals surface area contributed by atoms with E-state index in [-0.39, 0.29) is 0 Å². The van der Waals surface area contributed by atoms with E-state index in [0.717, 1.165) is 39.3 Å². The van der Waals surface area contributed by atoms with Gasteiger partial charge in [0.1, 0.15) is 0 Å². The van der Waals surface area contributed by atoms with Crippen molar-refractivity contribution in [1.29, 1.82) is 0 Å². The lowest BCUT2D eigenvalue weighted by Crippen LogP contribution is -2.00. The molecule has 0 fully saturated rings. The topological polar surface area (TPSA) is 17.8 Å². The van der Waals surface area contributed by atoms with E-state index in [1.54, 1.807) is 12.1 Å². The quantitative estimate of drug-likeness (QED) is 0.299. The fourth-order valence-electron chi connectivity index (χ4n) is 3.34. The van der Waals surface area contributed by atoms with E-state index in [4.69, 9.17) is 51.5 Å². The minimum Gasteiger partial charge on any atom is -0.232 e. The molecule has 4 aromatic rings. The molecule has 0 saturated heterocycles. The third kappa shape index (κ3) is 3.91. The molecule has 6 heteroatoms. The van der Waals surface area contributed by atoms with Gasteiger partial charge in [-0.2, -0.15) is 5.10 Å². The second kappa shape index (κ2) is 8.04. The molecule has 3 aromatic carbocycles. The number of aromatic nitrogens is 2. The first-order chi connectivity index (χ1) is 13.8. The average molecular weight is 462 g/mol. The van der Waals surface area contributed by atoms with Gasteiger partial charge < -0.3 is 0 Å². The zero-order valence-corrected chi connectivity index (χ0v) is 18.7. The van der Waals surface area contributed by atoms with Gasteiger partial charge in [-0.25, -0.2) is 4.68 Å². The summed E-state index contributed by atoms with van der Waals surface area (Å²) in [5, 5.41) is 6.94. The van der Waals surface area contributed by atoms with Gasteiger partial charge in [-0.15, -0.1) is 0 Å². The van der Waals surface area contributed by atoms with E-state index < -0.39 is 0 Å². The van der Waals surface area contributed by atoms with Crippen LogP contribution in [0, 0.1) is 13.8 Å². The highest BCUT2D eigenvalue weighted by atomic mass is 35.5. The molecular weight excluding hydrogens is 446 g/mol. The molecule has 0 atom stereocenters.